The first-order chi connectivity index (χ1) is 12.7. The fraction of sp³-hybridized carbons (Fsp3) is 0.217. The van der Waals surface area contributed by atoms with Crippen LogP contribution in [0.15, 0.2) is 65.1 Å². The highest BCUT2D eigenvalue weighted by molar-refractivity contribution is 9.10. The molecule has 0 amide bonds. The number of hydrogen-bond acceptors (Lipinski definition) is 1. The minimum Gasteiger partial charge on any atom is -0.341 e. The fourth-order valence-electron chi connectivity index (χ4n) is 3.72. The van der Waals surface area contributed by atoms with Gasteiger partial charge in [0.25, 0.3) is 0 Å². The Labute approximate surface area is 163 Å². The van der Waals surface area contributed by atoms with Crippen LogP contribution in [0.2, 0.25) is 0 Å². The smallest absolute Gasteiger partial charge is 0.0492 e. The molecule has 0 aliphatic carbocycles. The predicted molar refractivity (Wildman–Crippen MR) is 115 cm³/mol. The molecule has 0 atom stereocenters. The zero-order valence-corrected chi connectivity index (χ0v) is 16.8. The van der Waals surface area contributed by atoms with Gasteiger partial charge in [0, 0.05) is 45.9 Å². The summed E-state index contributed by atoms with van der Waals surface area (Å²) in [6.45, 7) is 7.12. The molecule has 0 spiro atoms. The third-order valence-electron chi connectivity index (χ3n) is 5.11. The normalized spacial score (nSPS) is 11.5. The topological polar surface area (TPSA) is 17.0 Å². The van der Waals surface area contributed by atoms with E-state index in [0.29, 0.717) is 0 Å². The van der Waals surface area contributed by atoms with Gasteiger partial charge in [0.2, 0.25) is 0 Å². The van der Waals surface area contributed by atoms with E-state index in [2.05, 4.69) is 100 Å². The van der Waals surface area contributed by atoms with E-state index in [1.54, 1.807) is 0 Å². The van der Waals surface area contributed by atoms with Crippen LogP contribution >= 0.6 is 15.9 Å². The maximum Gasteiger partial charge on any atom is 0.0492 e. The number of aryl methyl sites for hydroxylation is 2. The molecule has 0 radical (unpaired) electrons. The molecule has 0 saturated heterocycles. The number of aromatic nitrogens is 1. The third-order valence-corrected chi connectivity index (χ3v) is 5.61. The quantitative estimate of drug-likeness (QED) is 0.418. The van der Waals surface area contributed by atoms with E-state index in [4.69, 9.17) is 0 Å². The Balaban J connectivity index is 1.64. The van der Waals surface area contributed by atoms with E-state index in [0.717, 1.165) is 24.1 Å². The molecule has 0 aliphatic rings. The number of fused-ring (bicyclic) bond motifs is 3. The van der Waals surface area contributed by atoms with Gasteiger partial charge in [-0.3, -0.25) is 0 Å². The number of nitrogens with one attached hydrogen (secondary N) is 1. The van der Waals surface area contributed by atoms with Gasteiger partial charge < -0.3 is 9.88 Å². The summed E-state index contributed by atoms with van der Waals surface area (Å²) in [6, 6.07) is 22.0. The first-order valence-electron chi connectivity index (χ1n) is 9.13. The average molecular weight is 407 g/mol. The molecule has 4 rings (SSSR count). The number of rotatable bonds is 5. The molecule has 0 saturated carbocycles. The Kier molecular flexibility index (Phi) is 4.84. The van der Waals surface area contributed by atoms with Crippen LogP contribution in [0.1, 0.15) is 23.6 Å². The van der Waals surface area contributed by atoms with E-state index < -0.39 is 0 Å². The van der Waals surface area contributed by atoms with Gasteiger partial charge >= 0.3 is 0 Å². The highest BCUT2D eigenvalue weighted by Crippen LogP contribution is 2.31. The standard InChI is InChI=1S/C23H23BrN2/c1-3-26-22-10-8-17(14-25-15-18-7-5-4-6-16(18)2)12-20(22)21-13-19(24)9-11-23(21)26/h4-13,25H,3,14-15H2,1-2H3. The van der Waals surface area contributed by atoms with Crippen molar-refractivity contribution < 1.29 is 0 Å². The molecule has 1 heterocycles. The number of halogens is 1. The predicted octanol–water partition coefficient (Wildman–Crippen LogP) is 6.18. The SMILES string of the molecule is CCn1c2ccc(Br)cc2c2cc(CNCc3ccccc3C)ccc21. The molecular formula is C23H23BrN2. The molecule has 132 valence electrons. The highest BCUT2D eigenvalue weighted by Gasteiger charge is 2.10. The molecule has 0 fully saturated rings. The minimum atomic E-state index is 0.872. The summed E-state index contributed by atoms with van der Waals surface area (Å²) in [5.41, 5.74) is 6.63. The molecule has 0 bridgehead atoms. The van der Waals surface area contributed by atoms with Crippen LogP contribution in [-0.4, -0.2) is 4.57 Å². The van der Waals surface area contributed by atoms with Gasteiger partial charge in [-0.05, 0) is 60.9 Å². The molecule has 2 nitrogen and oxygen atoms in total. The summed E-state index contributed by atoms with van der Waals surface area (Å²) in [7, 11) is 0. The lowest BCUT2D eigenvalue weighted by Gasteiger charge is -2.08. The van der Waals surface area contributed by atoms with Gasteiger partial charge in [-0.15, -0.1) is 0 Å². The first kappa shape index (κ1) is 17.3. The number of benzene rings is 3. The molecule has 26 heavy (non-hydrogen) atoms. The summed E-state index contributed by atoms with van der Waals surface area (Å²) in [4.78, 5) is 0. The van der Waals surface area contributed by atoms with Crippen LogP contribution in [0.25, 0.3) is 21.8 Å². The number of hydrogen-bond donors (Lipinski definition) is 1. The maximum absolute atomic E-state index is 3.62. The summed E-state index contributed by atoms with van der Waals surface area (Å²) in [5, 5.41) is 6.24. The summed E-state index contributed by atoms with van der Waals surface area (Å²) in [5.74, 6) is 0. The Hall–Kier alpha value is -2.10. The highest BCUT2D eigenvalue weighted by atomic mass is 79.9. The number of nitrogens with zero attached hydrogens (tertiary/aromatic N) is 1. The van der Waals surface area contributed by atoms with E-state index in [-0.39, 0.29) is 0 Å². The molecule has 3 aromatic carbocycles. The Morgan fingerprint density at radius 2 is 1.62 bits per heavy atom. The molecule has 1 N–H and O–H groups in total. The van der Waals surface area contributed by atoms with Crippen molar-refractivity contribution in [2.45, 2.75) is 33.5 Å². The van der Waals surface area contributed by atoms with Crippen molar-refractivity contribution >= 4 is 37.7 Å². The lowest BCUT2D eigenvalue weighted by atomic mass is 10.1. The van der Waals surface area contributed by atoms with Gasteiger partial charge in [0.1, 0.15) is 0 Å². The van der Waals surface area contributed by atoms with Crippen molar-refractivity contribution in [2.24, 2.45) is 0 Å². The summed E-state index contributed by atoms with van der Waals surface area (Å²) in [6.07, 6.45) is 0. The van der Waals surface area contributed by atoms with Gasteiger partial charge in [0.15, 0.2) is 0 Å². The Morgan fingerprint density at radius 3 is 2.38 bits per heavy atom. The van der Waals surface area contributed by atoms with Gasteiger partial charge in [-0.2, -0.15) is 0 Å². The lowest BCUT2D eigenvalue weighted by Crippen LogP contribution is -2.13. The van der Waals surface area contributed by atoms with Crippen LogP contribution in [0.3, 0.4) is 0 Å². The largest absolute Gasteiger partial charge is 0.341 e. The van der Waals surface area contributed by atoms with Gasteiger partial charge in [-0.1, -0.05) is 46.3 Å². The van der Waals surface area contributed by atoms with Crippen LogP contribution in [-0.2, 0) is 19.6 Å². The monoisotopic (exact) mass is 406 g/mol. The first-order valence-corrected chi connectivity index (χ1v) is 9.92. The summed E-state index contributed by atoms with van der Waals surface area (Å²) >= 11 is 3.62. The van der Waals surface area contributed by atoms with Crippen molar-refractivity contribution in [1.29, 1.82) is 0 Å². The molecule has 1 aromatic heterocycles. The van der Waals surface area contributed by atoms with E-state index in [9.17, 15) is 0 Å². The van der Waals surface area contributed by atoms with Crippen molar-refractivity contribution in [3.05, 3.63) is 81.8 Å². The third kappa shape index (κ3) is 3.17. The van der Waals surface area contributed by atoms with Crippen LogP contribution in [0, 0.1) is 6.92 Å². The maximum atomic E-state index is 3.62. The molecule has 3 heteroatoms. The second kappa shape index (κ2) is 7.26. The lowest BCUT2D eigenvalue weighted by molar-refractivity contribution is 0.691. The van der Waals surface area contributed by atoms with E-state index >= 15 is 0 Å². The van der Waals surface area contributed by atoms with Crippen molar-refractivity contribution in [3.8, 4) is 0 Å². The van der Waals surface area contributed by atoms with Crippen LogP contribution < -0.4 is 5.32 Å². The molecular weight excluding hydrogens is 384 g/mol. The Morgan fingerprint density at radius 1 is 0.885 bits per heavy atom. The molecule has 4 aromatic rings. The Bertz CT molecular complexity index is 1080. The zero-order chi connectivity index (χ0) is 18.1. The van der Waals surface area contributed by atoms with Crippen molar-refractivity contribution in [3.63, 3.8) is 0 Å². The van der Waals surface area contributed by atoms with Gasteiger partial charge in [-0.25, -0.2) is 0 Å². The second-order valence-corrected chi connectivity index (χ2v) is 7.70. The van der Waals surface area contributed by atoms with Crippen molar-refractivity contribution in [1.82, 2.24) is 9.88 Å². The van der Waals surface area contributed by atoms with Crippen molar-refractivity contribution in [2.75, 3.05) is 0 Å². The van der Waals surface area contributed by atoms with E-state index in [1.165, 1.54) is 38.5 Å². The molecule has 0 unspecified atom stereocenters. The minimum absolute atomic E-state index is 0.872. The van der Waals surface area contributed by atoms with Crippen LogP contribution in [0.4, 0.5) is 0 Å². The second-order valence-electron chi connectivity index (χ2n) is 6.79. The summed E-state index contributed by atoms with van der Waals surface area (Å²) < 4.78 is 3.52. The van der Waals surface area contributed by atoms with Gasteiger partial charge in [0.05, 0.1) is 0 Å². The zero-order valence-electron chi connectivity index (χ0n) is 15.2. The average Bonchev–Trinajstić information content (AvgIpc) is 2.95. The molecule has 0 aliphatic heterocycles. The van der Waals surface area contributed by atoms with Crippen LogP contribution in [0.5, 0.6) is 0 Å². The van der Waals surface area contributed by atoms with E-state index in [1.807, 2.05) is 0 Å². The fourth-order valence-corrected chi connectivity index (χ4v) is 4.09.